The van der Waals surface area contributed by atoms with Crippen LogP contribution in [-0.2, 0) is 4.79 Å². The molecule has 1 rings (SSSR count). The minimum absolute atomic E-state index is 0.158. The smallest absolute Gasteiger partial charge is 0.239 e. The predicted octanol–water partition coefficient (Wildman–Crippen LogP) is 2.15. The van der Waals surface area contributed by atoms with Crippen molar-refractivity contribution in [1.82, 2.24) is 4.90 Å². The van der Waals surface area contributed by atoms with Crippen LogP contribution in [-0.4, -0.2) is 28.9 Å². The van der Waals surface area contributed by atoms with Crippen LogP contribution in [0, 0.1) is 5.92 Å². The number of likely N-dealkylation sites (tertiary alicyclic amines) is 1. The highest BCUT2D eigenvalue weighted by Crippen LogP contribution is 2.27. The zero-order valence-electron chi connectivity index (χ0n) is 11.1. The van der Waals surface area contributed by atoms with E-state index < -0.39 is 0 Å². The van der Waals surface area contributed by atoms with Gasteiger partial charge in [-0.25, -0.2) is 0 Å². The molecule has 1 fully saturated rings. The van der Waals surface area contributed by atoms with E-state index in [-0.39, 0.29) is 11.9 Å². The SMILES string of the molecule is CCC1CCC(C)N1C(=O)[C@H](N)CC(C)C. The fourth-order valence-electron chi connectivity index (χ4n) is 2.67. The Kier molecular flexibility index (Phi) is 4.78. The molecule has 0 saturated carbocycles. The van der Waals surface area contributed by atoms with Crippen LogP contribution in [0.4, 0.5) is 0 Å². The maximum absolute atomic E-state index is 12.3. The molecule has 2 N–H and O–H groups in total. The lowest BCUT2D eigenvalue weighted by molar-refractivity contribution is -0.135. The maximum Gasteiger partial charge on any atom is 0.239 e. The standard InChI is InChI=1S/C13H26N2O/c1-5-11-7-6-10(4)15(11)13(16)12(14)8-9(2)3/h9-12H,5-8,14H2,1-4H3/t10?,11?,12-/m1/s1. The van der Waals surface area contributed by atoms with Crippen molar-refractivity contribution in [2.75, 3.05) is 0 Å². The van der Waals surface area contributed by atoms with Crippen LogP contribution < -0.4 is 5.73 Å². The molecular formula is C13H26N2O. The zero-order chi connectivity index (χ0) is 12.3. The topological polar surface area (TPSA) is 46.3 Å². The molecule has 0 aromatic carbocycles. The minimum Gasteiger partial charge on any atom is -0.336 e. The van der Waals surface area contributed by atoms with E-state index >= 15 is 0 Å². The van der Waals surface area contributed by atoms with Gasteiger partial charge in [-0.3, -0.25) is 4.79 Å². The van der Waals surface area contributed by atoms with Crippen LogP contribution in [0.3, 0.4) is 0 Å². The number of carbonyl (C=O) groups is 1. The molecule has 3 heteroatoms. The van der Waals surface area contributed by atoms with Crippen molar-refractivity contribution < 1.29 is 4.79 Å². The Balaban J connectivity index is 2.63. The second-order valence-corrected chi connectivity index (χ2v) is 5.47. The van der Waals surface area contributed by atoms with Gasteiger partial charge in [0, 0.05) is 12.1 Å². The van der Waals surface area contributed by atoms with Gasteiger partial charge in [0.2, 0.25) is 5.91 Å². The second-order valence-electron chi connectivity index (χ2n) is 5.47. The van der Waals surface area contributed by atoms with Crippen LogP contribution in [0.15, 0.2) is 0 Å². The van der Waals surface area contributed by atoms with Gasteiger partial charge in [-0.05, 0) is 38.5 Å². The lowest BCUT2D eigenvalue weighted by atomic mass is 10.0. The molecular weight excluding hydrogens is 200 g/mol. The van der Waals surface area contributed by atoms with Gasteiger partial charge >= 0.3 is 0 Å². The number of nitrogens with two attached hydrogens (primary N) is 1. The van der Waals surface area contributed by atoms with Crippen LogP contribution in [0.25, 0.3) is 0 Å². The highest BCUT2D eigenvalue weighted by molar-refractivity contribution is 5.82. The Morgan fingerprint density at radius 1 is 1.44 bits per heavy atom. The molecule has 1 saturated heterocycles. The molecule has 0 bridgehead atoms. The summed E-state index contributed by atoms with van der Waals surface area (Å²) in [5, 5.41) is 0. The Hall–Kier alpha value is -0.570. The third kappa shape index (κ3) is 2.97. The van der Waals surface area contributed by atoms with E-state index in [1.54, 1.807) is 0 Å². The Labute approximate surface area is 99.4 Å². The number of hydrogen-bond donors (Lipinski definition) is 1. The first-order valence-electron chi connectivity index (χ1n) is 6.55. The molecule has 1 aliphatic heterocycles. The van der Waals surface area contributed by atoms with Crippen LogP contribution in [0.1, 0.15) is 53.4 Å². The van der Waals surface area contributed by atoms with Gasteiger partial charge in [0.15, 0.2) is 0 Å². The van der Waals surface area contributed by atoms with Crippen molar-refractivity contribution >= 4 is 5.91 Å². The summed E-state index contributed by atoms with van der Waals surface area (Å²) in [6.45, 7) is 8.50. The Morgan fingerprint density at radius 3 is 2.56 bits per heavy atom. The van der Waals surface area contributed by atoms with E-state index in [9.17, 15) is 4.79 Å². The lowest BCUT2D eigenvalue weighted by Gasteiger charge is -2.31. The van der Waals surface area contributed by atoms with Gasteiger partial charge in [0.25, 0.3) is 0 Å². The van der Waals surface area contributed by atoms with E-state index in [1.165, 1.54) is 0 Å². The van der Waals surface area contributed by atoms with Gasteiger partial charge in [-0.2, -0.15) is 0 Å². The highest BCUT2D eigenvalue weighted by atomic mass is 16.2. The van der Waals surface area contributed by atoms with Gasteiger partial charge in [-0.1, -0.05) is 20.8 Å². The van der Waals surface area contributed by atoms with Crippen molar-refractivity contribution in [1.29, 1.82) is 0 Å². The predicted molar refractivity (Wildman–Crippen MR) is 67.1 cm³/mol. The quantitative estimate of drug-likeness (QED) is 0.798. The molecule has 1 amide bonds. The van der Waals surface area contributed by atoms with Gasteiger partial charge in [0.1, 0.15) is 0 Å². The Bertz CT molecular complexity index is 240. The van der Waals surface area contributed by atoms with E-state index in [0.29, 0.717) is 18.0 Å². The van der Waals surface area contributed by atoms with Crippen molar-refractivity contribution in [3.05, 3.63) is 0 Å². The molecule has 16 heavy (non-hydrogen) atoms. The number of amides is 1. The zero-order valence-corrected chi connectivity index (χ0v) is 11.1. The summed E-state index contributed by atoms with van der Waals surface area (Å²) in [6.07, 6.45) is 4.10. The molecule has 3 atom stereocenters. The van der Waals surface area contributed by atoms with Crippen LogP contribution >= 0.6 is 0 Å². The fraction of sp³-hybridized carbons (Fsp3) is 0.923. The van der Waals surface area contributed by atoms with Gasteiger partial charge < -0.3 is 10.6 Å². The monoisotopic (exact) mass is 226 g/mol. The third-order valence-electron chi connectivity index (χ3n) is 3.55. The first-order valence-corrected chi connectivity index (χ1v) is 6.55. The first-order chi connectivity index (χ1) is 7.47. The first kappa shape index (κ1) is 13.5. The number of hydrogen-bond acceptors (Lipinski definition) is 2. The summed E-state index contributed by atoms with van der Waals surface area (Å²) < 4.78 is 0. The third-order valence-corrected chi connectivity index (χ3v) is 3.55. The molecule has 0 aromatic rings. The van der Waals surface area contributed by atoms with Gasteiger partial charge in [0.05, 0.1) is 6.04 Å². The molecule has 2 unspecified atom stereocenters. The maximum atomic E-state index is 12.3. The normalized spacial score (nSPS) is 27.5. The molecule has 0 aromatic heterocycles. The number of rotatable bonds is 4. The van der Waals surface area contributed by atoms with E-state index in [2.05, 4.69) is 27.7 Å². The summed E-state index contributed by atoms with van der Waals surface area (Å²) in [7, 11) is 0. The molecule has 94 valence electrons. The van der Waals surface area contributed by atoms with Crippen LogP contribution in [0.2, 0.25) is 0 Å². The molecule has 1 heterocycles. The highest BCUT2D eigenvalue weighted by Gasteiger charge is 2.35. The minimum atomic E-state index is -0.311. The fourth-order valence-corrected chi connectivity index (χ4v) is 2.67. The molecule has 3 nitrogen and oxygen atoms in total. The van der Waals surface area contributed by atoms with Gasteiger partial charge in [-0.15, -0.1) is 0 Å². The van der Waals surface area contributed by atoms with Crippen molar-refractivity contribution in [3.8, 4) is 0 Å². The van der Waals surface area contributed by atoms with E-state index in [1.807, 2.05) is 4.90 Å². The average molecular weight is 226 g/mol. The Morgan fingerprint density at radius 2 is 2.06 bits per heavy atom. The molecule has 0 radical (unpaired) electrons. The summed E-state index contributed by atoms with van der Waals surface area (Å²) in [5.74, 6) is 0.641. The summed E-state index contributed by atoms with van der Waals surface area (Å²) in [6, 6.07) is 0.478. The lowest BCUT2D eigenvalue weighted by Crippen LogP contribution is -2.49. The summed E-state index contributed by atoms with van der Waals surface area (Å²) >= 11 is 0. The number of carbonyl (C=O) groups excluding carboxylic acids is 1. The average Bonchev–Trinajstić information content (AvgIpc) is 2.57. The molecule has 0 spiro atoms. The number of nitrogens with zero attached hydrogens (tertiary/aromatic N) is 1. The van der Waals surface area contributed by atoms with E-state index in [0.717, 1.165) is 25.7 Å². The largest absolute Gasteiger partial charge is 0.336 e. The summed E-state index contributed by atoms with van der Waals surface area (Å²) in [4.78, 5) is 14.3. The van der Waals surface area contributed by atoms with Crippen molar-refractivity contribution in [3.63, 3.8) is 0 Å². The molecule has 1 aliphatic rings. The molecule has 0 aliphatic carbocycles. The second kappa shape index (κ2) is 5.67. The van der Waals surface area contributed by atoms with Crippen molar-refractivity contribution in [2.45, 2.75) is 71.5 Å². The van der Waals surface area contributed by atoms with E-state index in [4.69, 9.17) is 5.73 Å². The van der Waals surface area contributed by atoms with Crippen LogP contribution in [0.5, 0.6) is 0 Å². The summed E-state index contributed by atoms with van der Waals surface area (Å²) in [5.41, 5.74) is 5.99. The van der Waals surface area contributed by atoms with Crippen molar-refractivity contribution in [2.24, 2.45) is 11.7 Å².